The molecule has 5 rings (SSSR count). The Kier molecular flexibility index (Phi) is 4.47. The topological polar surface area (TPSA) is 118 Å². The van der Waals surface area contributed by atoms with Crippen LogP contribution in [0.3, 0.4) is 0 Å². The van der Waals surface area contributed by atoms with Crippen LogP contribution in [-0.4, -0.2) is 35.5 Å². The maximum Gasteiger partial charge on any atom is 0.419 e. The zero-order valence-corrected chi connectivity index (χ0v) is 17.2. The van der Waals surface area contributed by atoms with Gasteiger partial charge in [0.15, 0.2) is 23.2 Å². The second-order valence-corrected chi connectivity index (χ2v) is 8.79. The van der Waals surface area contributed by atoms with Gasteiger partial charge in [-0.2, -0.15) is 5.10 Å². The van der Waals surface area contributed by atoms with Crippen molar-refractivity contribution in [2.75, 3.05) is 11.3 Å². The minimum atomic E-state index is -3.89. The number of benzene rings is 2. The largest absolute Gasteiger partial charge is 0.486 e. The van der Waals surface area contributed by atoms with Gasteiger partial charge in [0.05, 0.1) is 28.8 Å². The Bertz CT molecular complexity index is 1440. The molecular formula is C20H18N4O6S. The molecule has 1 atom stereocenters. The van der Waals surface area contributed by atoms with Crippen LogP contribution < -0.4 is 20.0 Å². The van der Waals surface area contributed by atoms with Crippen molar-refractivity contribution in [2.45, 2.75) is 17.5 Å². The van der Waals surface area contributed by atoms with Gasteiger partial charge in [-0.25, -0.2) is 13.2 Å². The lowest BCUT2D eigenvalue weighted by molar-refractivity contribution is 0.0759. The SMILES string of the molecule is Cn1c(=O)oc2ccc(S(=O)(=O)Nc3cnn(C[C@H]4COc5ccccc5O4)c3)cc21. The average Bonchev–Trinajstić information content (AvgIpc) is 3.30. The van der Waals surface area contributed by atoms with Crippen molar-refractivity contribution in [3.8, 4) is 11.5 Å². The zero-order valence-electron chi connectivity index (χ0n) is 16.4. The molecule has 0 saturated heterocycles. The molecule has 11 heteroatoms. The standard InChI is InChI=1S/C20H18N4O6S/c1-23-16-8-15(6-7-17(16)30-20(23)25)31(26,27)22-13-9-21-24(10-13)11-14-12-28-18-4-2-3-5-19(18)29-14/h2-10,14,22H,11-12H2,1H3/t14-/m0/s1. The van der Waals surface area contributed by atoms with Crippen molar-refractivity contribution in [1.82, 2.24) is 14.3 Å². The van der Waals surface area contributed by atoms with E-state index >= 15 is 0 Å². The first-order valence-electron chi connectivity index (χ1n) is 9.42. The lowest BCUT2D eigenvalue weighted by Gasteiger charge is -2.26. The molecule has 2 aromatic heterocycles. The highest BCUT2D eigenvalue weighted by Gasteiger charge is 2.22. The van der Waals surface area contributed by atoms with Crippen LogP contribution in [-0.2, 0) is 23.6 Å². The highest BCUT2D eigenvalue weighted by Crippen LogP contribution is 2.31. The number of nitrogens with zero attached hydrogens (tertiary/aromatic N) is 3. The Morgan fingerprint density at radius 2 is 2.00 bits per heavy atom. The third kappa shape index (κ3) is 3.63. The summed E-state index contributed by atoms with van der Waals surface area (Å²) in [6.45, 7) is 0.751. The summed E-state index contributed by atoms with van der Waals surface area (Å²) in [5, 5.41) is 4.21. The summed E-state index contributed by atoms with van der Waals surface area (Å²) in [6.07, 6.45) is 2.73. The molecule has 1 aliphatic heterocycles. The fourth-order valence-corrected chi connectivity index (χ4v) is 4.41. The normalized spacial score (nSPS) is 15.8. The molecule has 4 aromatic rings. The Morgan fingerprint density at radius 3 is 2.84 bits per heavy atom. The summed E-state index contributed by atoms with van der Waals surface area (Å²) in [6, 6.07) is 11.6. The quantitative estimate of drug-likeness (QED) is 0.502. The minimum absolute atomic E-state index is 0.00442. The summed E-state index contributed by atoms with van der Waals surface area (Å²) in [7, 11) is -2.38. The molecular weight excluding hydrogens is 424 g/mol. The molecule has 10 nitrogen and oxygen atoms in total. The first kappa shape index (κ1) is 19.2. The number of hydrogen-bond donors (Lipinski definition) is 1. The Balaban J connectivity index is 1.31. The maximum atomic E-state index is 12.8. The van der Waals surface area contributed by atoms with Crippen molar-refractivity contribution >= 4 is 26.8 Å². The average molecular weight is 442 g/mol. The molecule has 0 aliphatic carbocycles. The van der Waals surface area contributed by atoms with Crippen LogP contribution in [0, 0.1) is 0 Å². The maximum absolute atomic E-state index is 12.8. The van der Waals surface area contributed by atoms with Crippen LogP contribution in [0.25, 0.3) is 11.1 Å². The van der Waals surface area contributed by atoms with Crippen LogP contribution in [0.1, 0.15) is 0 Å². The summed E-state index contributed by atoms with van der Waals surface area (Å²) >= 11 is 0. The van der Waals surface area contributed by atoms with E-state index in [1.807, 2.05) is 24.3 Å². The predicted molar refractivity (Wildman–Crippen MR) is 111 cm³/mol. The van der Waals surface area contributed by atoms with E-state index in [1.54, 1.807) is 10.9 Å². The first-order valence-corrected chi connectivity index (χ1v) is 10.9. The van der Waals surface area contributed by atoms with Gasteiger partial charge >= 0.3 is 5.76 Å². The van der Waals surface area contributed by atoms with Crippen LogP contribution in [0.4, 0.5) is 5.69 Å². The second-order valence-electron chi connectivity index (χ2n) is 7.11. The van der Waals surface area contributed by atoms with Gasteiger partial charge in [-0.15, -0.1) is 0 Å². The molecule has 160 valence electrons. The molecule has 1 aliphatic rings. The molecule has 0 fully saturated rings. The number of aryl methyl sites for hydroxylation is 1. The number of oxazole rings is 1. The van der Waals surface area contributed by atoms with E-state index in [1.165, 1.54) is 36.0 Å². The number of fused-ring (bicyclic) bond motifs is 2. The van der Waals surface area contributed by atoms with E-state index < -0.39 is 15.8 Å². The van der Waals surface area contributed by atoms with E-state index in [9.17, 15) is 13.2 Å². The summed E-state index contributed by atoms with van der Waals surface area (Å²) in [5.74, 6) is 0.797. The van der Waals surface area contributed by atoms with Gasteiger partial charge in [0, 0.05) is 13.2 Å². The Morgan fingerprint density at radius 1 is 1.19 bits per heavy atom. The van der Waals surface area contributed by atoms with E-state index in [-0.39, 0.29) is 11.0 Å². The molecule has 0 amide bonds. The molecule has 2 aromatic carbocycles. The van der Waals surface area contributed by atoms with E-state index in [0.717, 1.165) is 0 Å². The number of anilines is 1. The van der Waals surface area contributed by atoms with Crippen LogP contribution >= 0.6 is 0 Å². The van der Waals surface area contributed by atoms with Gasteiger partial charge in [0.1, 0.15) is 6.61 Å². The van der Waals surface area contributed by atoms with Crippen molar-refractivity contribution in [3.63, 3.8) is 0 Å². The van der Waals surface area contributed by atoms with Crippen molar-refractivity contribution in [1.29, 1.82) is 0 Å². The van der Waals surface area contributed by atoms with E-state index in [4.69, 9.17) is 13.9 Å². The van der Waals surface area contributed by atoms with Crippen LogP contribution in [0.15, 0.2) is 69.0 Å². The number of sulfonamides is 1. The molecule has 0 saturated carbocycles. The molecule has 0 spiro atoms. The Labute approximate surface area is 176 Å². The number of para-hydroxylation sites is 2. The minimum Gasteiger partial charge on any atom is -0.486 e. The smallest absolute Gasteiger partial charge is 0.419 e. The number of nitrogens with one attached hydrogen (secondary N) is 1. The fraction of sp³-hybridized carbons (Fsp3) is 0.200. The number of rotatable bonds is 5. The van der Waals surface area contributed by atoms with Crippen LogP contribution in [0.5, 0.6) is 11.5 Å². The molecule has 3 heterocycles. The molecule has 0 unspecified atom stereocenters. The van der Waals surface area contributed by atoms with E-state index in [0.29, 0.717) is 41.4 Å². The van der Waals surface area contributed by atoms with Gasteiger partial charge in [-0.05, 0) is 30.3 Å². The van der Waals surface area contributed by atoms with Crippen molar-refractivity contribution in [2.24, 2.45) is 7.05 Å². The molecule has 0 radical (unpaired) electrons. The lowest BCUT2D eigenvalue weighted by Crippen LogP contribution is -2.33. The number of hydrogen-bond acceptors (Lipinski definition) is 7. The number of ether oxygens (including phenoxy) is 2. The summed E-state index contributed by atoms with van der Waals surface area (Å²) < 4.78 is 47.5. The van der Waals surface area contributed by atoms with Crippen molar-refractivity contribution < 1.29 is 22.3 Å². The van der Waals surface area contributed by atoms with Gasteiger partial charge in [0.2, 0.25) is 0 Å². The molecule has 1 N–H and O–H groups in total. The zero-order chi connectivity index (χ0) is 21.6. The third-order valence-electron chi connectivity index (χ3n) is 4.92. The molecule has 0 bridgehead atoms. The van der Waals surface area contributed by atoms with Gasteiger partial charge in [-0.1, -0.05) is 12.1 Å². The Hall–Kier alpha value is -3.73. The summed E-state index contributed by atoms with van der Waals surface area (Å²) in [5.41, 5.74) is 1.01. The first-order chi connectivity index (χ1) is 14.9. The monoisotopic (exact) mass is 442 g/mol. The molecule has 31 heavy (non-hydrogen) atoms. The highest BCUT2D eigenvalue weighted by molar-refractivity contribution is 7.92. The summed E-state index contributed by atoms with van der Waals surface area (Å²) in [4.78, 5) is 11.6. The van der Waals surface area contributed by atoms with Crippen LogP contribution in [0.2, 0.25) is 0 Å². The van der Waals surface area contributed by atoms with Gasteiger partial charge in [0.25, 0.3) is 10.0 Å². The highest BCUT2D eigenvalue weighted by atomic mass is 32.2. The fourth-order valence-electron chi connectivity index (χ4n) is 3.37. The lowest BCUT2D eigenvalue weighted by atomic mass is 10.2. The van der Waals surface area contributed by atoms with Gasteiger partial charge < -0.3 is 13.9 Å². The van der Waals surface area contributed by atoms with Gasteiger partial charge in [-0.3, -0.25) is 14.0 Å². The second kappa shape index (κ2) is 7.20. The number of aromatic nitrogens is 3. The van der Waals surface area contributed by atoms with E-state index in [2.05, 4.69) is 9.82 Å². The van der Waals surface area contributed by atoms with Crippen molar-refractivity contribution in [3.05, 3.63) is 65.4 Å². The predicted octanol–water partition coefficient (Wildman–Crippen LogP) is 1.97. The third-order valence-corrected chi connectivity index (χ3v) is 6.30.